The molecule has 1 N–H and O–H groups in total. The Labute approximate surface area is 213 Å². The Balaban J connectivity index is 1.92. The maximum atomic E-state index is 13.4. The second kappa shape index (κ2) is 8.91. The second-order valence-corrected chi connectivity index (χ2v) is 9.74. The van der Waals surface area contributed by atoms with Gasteiger partial charge in [0.05, 0.1) is 22.8 Å². The summed E-state index contributed by atoms with van der Waals surface area (Å²) < 4.78 is 41.4. The lowest BCUT2D eigenvalue weighted by Crippen LogP contribution is -2.42. The van der Waals surface area contributed by atoms with Gasteiger partial charge in [0, 0.05) is 30.8 Å². The van der Waals surface area contributed by atoms with Crippen molar-refractivity contribution in [2.45, 2.75) is 38.9 Å². The quantitative estimate of drug-likeness (QED) is 0.543. The van der Waals surface area contributed by atoms with Crippen LogP contribution in [-0.2, 0) is 22.9 Å². The number of carbonyl (C=O) groups is 2. The summed E-state index contributed by atoms with van der Waals surface area (Å²) in [5.74, 6) is -1.86. The first-order valence-electron chi connectivity index (χ1n) is 11.0. The maximum absolute atomic E-state index is 13.4. The van der Waals surface area contributed by atoms with Crippen LogP contribution >= 0.6 is 11.6 Å². The van der Waals surface area contributed by atoms with Crippen molar-refractivity contribution in [2.75, 3.05) is 11.4 Å². The van der Waals surface area contributed by atoms with Crippen LogP contribution in [0.4, 0.5) is 18.9 Å². The van der Waals surface area contributed by atoms with Gasteiger partial charge >= 0.3 is 17.8 Å². The first-order chi connectivity index (χ1) is 17.1. The summed E-state index contributed by atoms with van der Waals surface area (Å²) in [5, 5.41) is 8.90. The Morgan fingerprint density at radius 2 is 1.81 bits per heavy atom. The Kier molecular flexibility index (Phi) is 6.31. The van der Waals surface area contributed by atoms with E-state index in [-0.39, 0.29) is 22.6 Å². The number of hydrogen-bond donors (Lipinski definition) is 1. The van der Waals surface area contributed by atoms with Crippen LogP contribution in [0.2, 0.25) is 5.02 Å². The number of alkyl halides is 3. The molecule has 4 rings (SSSR count). The molecule has 0 aliphatic carbocycles. The lowest BCUT2D eigenvalue weighted by molar-refractivity contribution is -0.137. The summed E-state index contributed by atoms with van der Waals surface area (Å²) in [6.07, 6.45) is -3.92. The van der Waals surface area contributed by atoms with E-state index in [1.807, 2.05) is 13.8 Å². The predicted molar refractivity (Wildman–Crippen MR) is 130 cm³/mol. The predicted octanol–water partition coefficient (Wildman–Crippen LogP) is 4.06. The minimum atomic E-state index is -4.78. The molecule has 0 bridgehead atoms. The van der Waals surface area contributed by atoms with Crippen LogP contribution in [0, 0.1) is 0 Å². The van der Waals surface area contributed by atoms with E-state index in [1.54, 1.807) is 12.1 Å². The molecule has 0 unspecified atom stereocenters. The number of aromatic nitrogens is 2. The van der Waals surface area contributed by atoms with Crippen molar-refractivity contribution in [2.24, 2.45) is 0 Å². The van der Waals surface area contributed by atoms with Gasteiger partial charge in [-0.05, 0) is 29.3 Å². The van der Waals surface area contributed by atoms with E-state index in [0.29, 0.717) is 16.8 Å². The largest absolute Gasteiger partial charge is 0.477 e. The van der Waals surface area contributed by atoms with E-state index in [0.717, 1.165) is 28.5 Å². The van der Waals surface area contributed by atoms with Crippen molar-refractivity contribution in [1.29, 1.82) is 0 Å². The van der Waals surface area contributed by atoms with E-state index in [9.17, 15) is 37.5 Å². The molecule has 3 aromatic rings. The molecule has 1 aromatic heterocycles. The highest BCUT2D eigenvalue weighted by Crippen LogP contribution is 2.41. The van der Waals surface area contributed by atoms with Crippen molar-refractivity contribution in [3.05, 3.63) is 90.7 Å². The van der Waals surface area contributed by atoms with Gasteiger partial charge in [0.15, 0.2) is 0 Å². The van der Waals surface area contributed by atoms with Crippen LogP contribution in [0.1, 0.15) is 47.8 Å². The Bertz CT molecular complexity index is 1570. The monoisotopic (exact) mass is 535 g/mol. The number of hydrogen-bond acceptors (Lipinski definition) is 4. The van der Waals surface area contributed by atoms with E-state index in [2.05, 4.69) is 0 Å². The molecule has 0 radical (unpaired) electrons. The molecule has 0 fully saturated rings. The zero-order chi connectivity index (χ0) is 27.4. The van der Waals surface area contributed by atoms with Crippen LogP contribution in [0.15, 0.2) is 52.2 Å². The van der Waals surface area contributed by atoms with Crippen LogP contribution < -0.4 is 16.1 Å². The number of carboxylic acid groups (broad SMARTS) is 1. The van der Waals surface area contributed by atoms with Crippen molar-refractivity contribution in [3.8, 4) is 5.69 Å². The Morgan fingerprint density at radius 3 is 2.41 bits per heavy atom. The van der Waals surface area contributed by atoms with Crippen LogP contribution in [0.5, 0.6) is 0 Å². The number of aromatic carboxylic acids is 1. The normalized spacial score (nSPS) is 14.5. The van der Waals surface area contributed by atoms with Crippen LogP contribution in [-0.4, -0.2) is 32.7 Å². The number of fused-ring (bicyclic) bond motifs is 1. The molecule has 0 saturated carbocycles. The SMILES string of the molecule is CC(=O)N1CC(C)(C)c2ccc(-n3cc(C(=O)O)c(=O)n(Cc4cccc(C(F)(F)F)c4Cl)c3=O)cc21. The summed E-state index contributed by atoms with van der Waals surface area (Å²) in [4.78, 5) is 51.9. The summed E-state index contributed by atoms with van der Waals surface area (Å²) in [5.41, 5.74) is -3.16. The molecule has 0 atom stereocenters. The lowest BCUT2D eigenvalue weighted by atomic mass is 9.87. The van der Waals surface area contributed by atoms with Gasteiger partial charge in [0.2, 0.25) is 5.91 Å². The number of amides is 1. The highest BCUT2D eigenvalue weighted by atomic mass is 35.5. The van der Waals surface area contributed by atoms with Gasteiger partial charge < -0.3 is 10.0 Å². The average molecular weight is 536 g/mol. The van der Waals surface area contributed by atoms with Gasteiger partial charge in [-0.25, -0.2) is 9.59 Å². The van der Waals surface area contributed by atoms with Crippen molar-refractivity contribution in [1.82, 2.24) is 9.13 Å². The zero-order valence-electron chi connectivity index (χ0n) is 19.9. The van der Waals surface area contributed by atoms with Gasteiger partial charge in [0.25, 0.3) is 5.56 Å². The molecule has 0 saturated heterocycles. The zero-order valence-corrected chi connectivity index (χ0v) is 20.6. The van der Waals surface area contributed by atoms with Crippen molar-refractivity contribution >= 4 is 29.2 Å². The van der Waals surface area contributed by atoms with E-state index in [4.69, 9.17) is 11.6 Å². The standard InChI is InChI=1S/C25H21ClF3N3O5/c1-13(33)32-12-24(2,3)17-8-7-15(9-19(17)32)30-11-16(22(35)36)21(34)31(23(30)37)10-14-5-4-6-18(20(14)26)25(27,28)29/h4-9,11H,10,12H2,1-3H3,(H,35,36). The van der Waals surface area contributed by atoms with Crippen molar-refractivity contribution in [3.63, 3.8) is 0 Å². The summed E-state index contributed by atoms with van der Waals surface area (Å²) >= 11 is 5.95. The first-order valence-corrected chi connectivity index (χ1v) is 11.4. The smallest absolute Gasteiger partial charge is 0.417 e. The molecule has 0 spiro atoms. The Hall–Kier alpha value is -3.86. The molecule has 194 valence electrons. The minimum Gasteiger partial charge on any atom is -0.477 e. The number of benzene rings is 2. The Morgan fingerprint density at radius 1 is 1.14 bits per heavy atom. The van der Waals surface area contributed by atoms with E-state index < -0.39 is 46.1 Å². The van der Waals surface area contributed by atoms with E-state index in [1.165, 1.54) is 24.0 Å². The molecule has 1 amide bonds. The maximum Gasteiger partial charge on any atom is 0.417 e. The summed E-state index contributed by atoms with van der Waals surface area (Å²) in [6, 6.07) is 7.83. The topological polar surface area (TPSA) is 102 Å². The van der Waals surface area contributed by atoms with Gasteiger partial charge in [-0.3, -0.25) is 18.7 Å². The molecule has 37 heavy (non-hydrogen) atoms. The number of carboxylic acids is 1. The summed E-state index contributed by atoms with van der Waals surface area (Å²) in [7, 11) is 0. The fourth-order valence-electron chi connectivity index (χ4n) is 4.48. The molecule has 2 aromatic carbocycles. The van der Waals surface area contributed by atoms with E-state index >= 15 is 0 Å². The van der Waals surface area contributed by atoms with Crippen LogP contribution in [0.3, 0.4) is 0 Å². The molecule has 1 aliphatic rings. The van der Waals surface area contributed by atoms with Crippen LogP contribution in [0.25, 0.3) is 5.69 Å². The number of anilines is 1. The second-order valence-electron chi connectivity index (χ2n) is 9.36. The fraction of sp³-hybridized carbons (Fsp3) is 0.280. The third-order valence-electron chi connectivity index (χ3n) is 6.33. The third-order valence-corrected chi connectivity index (χ3v) is 6.77. The first kappa shape index (κ1) is 26.2. The molecule has 12 heteroatoms. The highest BCUT2D eigenvalue weighted by molar-refractivity contribution is 6.32. The molecular formula is C25H21ClF3N3O5. The van der Waals surface area contributed by atoms with Gasteiger partial charge in [-0.1, -0.05) is 43.6 Å². The molecule has 1 aliphatic heterocycles. The summed E-state index contributed by atoms with van der Waals surface area (Å²) in [6.45, 7) is 4.98. The number of halogens is 4. The molecular weight excluding hydrogens is 515 g/mol. The minimum absolute atomic E-state index is 0.166. The molecule has 2 heterocycles. The number of carbonyl (C=O) groups excluding carboxylic acids is 1. The van der Waals surface area contributed by atoms with Crippen molar-refractivity contribution < 1.29 is 27.9 Å². The lowest BCUT2D eigenvalue weighted by Gasteiger charge is -2.19. The fourth-order valence-corrected chi connectivity index (χ4v) is 4.77. The van der Waals surface area contributed by atoms with Gasteiger partial charge in [-0.2, -0.15) is 13.2 Å². The molecule has 8 nitrogen and oxygen atoms in total. The highest BCUT2D eigenvalue weighted by Gasteiger charge is 2.37. The third kappa shape index (κ3) is 4.55. The van der Waals surface area contributed by atoms with Gasteiger partial charge in [0.1, 0.15) is 5.56 Å². The number of nitrogens with zero attached hydrogens (tertiary/aromatic N) is 3. The van der Waals surface area contributed by atoms with Gasteiger partial charge in [-0.15, -0.1) is 0 Å². The number of rotatable bonds is 4. The average Bonchev–Trinajstić information content (AvgIpc) is 3.07.